The van der Waals surface area contributed by atoms with Crippen LogP contribution in [0.25, 0.3) is 0 Å². The Morgan fingerprint density at radius 1 is 1.25 bits per heavy atom. The molecule has 1 aromatic rings. The molecule has 1 heteroatoms. The van der Waals surface area contributed by atoms with Crippen molar-refractivity contribution in [2.24, 2.45) is 0 Å². The van der Waals surface area contributed by atoms with E-state index in [0.29, 0.717) is 0 Å². The van der Waals surface area contributed by atoms with Crippen molar-refractivity contribution in [3.63, 3.8) is 0 Å². The van der Waals surface area contributed by atoms with Crippen LogP contribution in [0.2, 0.25) is 0 Å². The predicted molar refractivity (Wildman–Crippen MR) is 51.6 cm³/mol. The summed E-state index contributed by atoms with van der Waals surface area (Å²) in [6, 6.07) is 10.3. The minimum Gasteiger partial charge on any atom is -0.312 e. The van der Waals surface area contributed by atoms with Gasteiger partial charge in [-0.05, 0) is 5.56 Å². The zero-order chi connectivity index (χ0) is 8.65. The summed E-state index contributed by atoms with van der Waals surface area (Å²) >= 11 is 0. The maximum Gasteiger partial charge on any atom is 0.0212 e. The minimum atomic E-state index is 0.798. The molecule has 12 heavy (non-hydrogen) atoms. The van der Waals surface area contributed by atoms with Gasteiger partial charge in [-0.3, -0.25) is 0 Å². The van der Waals surface area contributed by atoms with Crippen molar-refractivity contribution in [3.8, 4) is 12.3 Å². The van der Waals surface area contributed by atoms with Crippen LogP contribution in [0.5, 0.6) is 0 Å². The second-order valence-corrected chi connectivity index (χ2v) is 2.62. The van der Waals surface area contributed by atoms with Crippen molar-refractivity contribution in [3.05, 3.63) is 35.9 Å². The highest BCUT2D eigenvalue weighted by atomic mass is 14.8. The van der Waals surface area contributed by atoms with Gasteiger partial charge < -0.3 is 5.32 Å². The quantitative estimate of drug-likeness (QED) is 0.522. The Hall–Kier alpha value is -1.26. The van der Waals surface area contributed by atoms with E-state index in [-0.39, 0.29) is 0 Å². The molecule has 0 aliphatic carbocycles. The van der Waals surface area contributed by atoms with Crippen LogP contribution in [-0.2, 0) is 6.54 Å². The van der Waals surface area contributed by atoms with E-state index >= 15 is 0 Å². The molecule has 0 amide bonds. The van der Waals surface area contributed by atoms with Crippen molar-refractivity contribution < 1.29 is 0 Å². The summed E-state index contributed by atoms with van der Waals surface area (Å²) in [7, 11) is 0. The Bertz CT molecular complexity index is 245. The second-order valence-electron chi connectivity index (χ2n) is 2.62. The fourth-order valence-electron chi connectivity index (χ4n) is 0.989. The summed E-state index contributed by atoms with van der Waals surface area (Å²) in [6.45, 7) is 1.80. The first-order valence-corrected chi connectivity index (χ1v) is 4.11. The molecular formula is C11H13N. The highest BCUT2D eigenvalue weighted by Gasteiger charge is 1.88. The number of benzene rings is 1. The molecule has 0 unspecified atom stereocenters. The molecule has 0 radical (unpaired) electrons. The normalized spacial score (nSPS) is 9.25. The standard InChI is InChI=1S/C11H13N/c1-2-3-9-12-10-11-7-5-4-6-8-11/h1,4-8,12H,3,9-10H2. The number of nitrogens with one attached hydrogen (secondary N) is 1. The van der Waals surface area contributed by atoms with Gasteiger partial charge in [0.05, 0.1) is 0 Å². The fourth-order valence-corrected chi connectivity index (χ4v) is 0.989. The second kappa shape index (κ2) is 5.40. The van der Waals surface area contributed by atoms with E-state index in [1.165, 1.54) is 5.56 Å². The fraction of sp³-hybridized carbons (Fsp3) is 0.273. The van der Waals surface area contributed by atoms with Gasteiger partial charge in [0.2, 0.25) is 0 Å². The molecular weight excluding hydrogens is 146 g/mol. The number of terminal acetylenes is 1. The van der Waals surface area contributed by atoms with E-state index in [2.05, 4.69) is 23.4 Å². The topological polar surface area (TPSA) is 12.0 Å². The van der Waals surface area contributed by atoms with Crippen LogP contribution in [0.15, 0.2) is 30.3 Å². The van der Waals surface area contributed by atoms with Crippen LogP contribution in [0.1, 0.15) is 12.0 Å². The molecule has 0 atom stereocenters. The summed E-state index contributed by atoms with van der Waals surface area (Å²) in [5.41, 5.74) is 1.30. The van der Waals surface area contributed by atoms with Gasteiger partial charge in [0.1, 0.15) is 0 Å². The van der Waals surface area contributed by atoms with Crippen LogP contribution < -0.4 is 5.32 Å². The number of hydrogen-bond donors (Lipinski definition) is 1. The Morgan fingerprint density at radius 3 is 2.67 bits per heavy atom. The number of rotatable bonds is 4. The highest BCUT2D eigenvalue weighted by Crippen LogP contribution is 1.96. The molecule has 0 spiro atoms. The third-order valence-corrected chi connectivity index (χ3v) is 1.62. The lowest BCUT2D eigenvalue weighted by Crippen LogP contribution is -2.13. The van der Waals surface area contributed by atoms with Gasteiger partial charge in [0, 0.05) is 19.5 Å². The van der Waals surface area contributed by atoms with E-state index in [0.717, 1.165) is 19.5 Å². The van der Waals surface area contributed by atoms with Gasteiger partial charge in [-0.1, -0.05) is 30.3 Å². The first-order chi connectivity index (χ1) is 5.93. The van der Waals surface area contributed by atoms with Crippen LogP contribution in [-0.4, -0.2) is 6.54 Å². The van der Waals surface area contributed by atoms with Gasteiger partial charge in [-0.25, -0.2) is 0 Å². The van der Waals surface area contributed by atoms with Crippen LogP contribution in [0, 0.1) is 12.3 Å². The average molecular weight is 159 g/mol. The molecule has 0 saturated carbocycles. The predicted octanol–water partition coefficient (Wildman–Crippen LogP) is 1.80. The Labute approximate surface area is 73.8 Å². The summed E-state index contributed by atoms with van der Waals surface area (Å²) < 4.78 is 0. The first-order valence-electron chi connectivity index (χ1n) is 4.11. The van der Waals surface area contributed by atoms with Crippen molar-refractivity contribution in [2.45, 2.75) is 13.0 Å². The Balaban J connectivity index is 2.21. The maximum absolute atomic E-state index is 5.12. The van der Waals surface area contributed by atoms with Crippen molar-refractivity contribution >= 4 is 0 Å². The van der Waals surface area contributed by atoms with Gasteiger partial charge in [-0.15, -0.1) is 12.3 Å². The molecule has 1 rings (SSSR count). The van der Waals surface area contributed by atoms with E-state index < -0.39 is 0 Å². The van der Waals surface area contributed by atoms with Crippen molar-refractivity contribution in [1.82, 2.24) is 5.32 Å². The first kappa shape index (κ1) is 8.83. The van der Waals surface area contributed by atoms with Gasteiger partial charge in [-0.2, -0.15) is 0 Å². The molecule has 0 aliphatic heterocycles. The zero-order valence-corrected chi connectivity index (χ0v) is 7.09. The smallest absolute Gasteiger partial charge is 0.0212 e. The minimum absolute atomic E-state index is 0.798. The highest BCUT2D eigenvalue weighted by molar-refractivity contribution is 5.14. The molecule has 0 heterocycles. The van der Waals surface area contributed by atoms with Crippen LogP contribution in [0.3, 0.4) is 0 Å². The average Bonchev–Trinajstić information content (AvgIpc) is 2.14. The number of hydrogen-bond acceptors (Lipinski definition) is 1. The summed E-state index contributed by atoms with van der Waals surface area (Å²) in [5, 5.41) is 3.26. The lowest BCUT2D eigenvalue weighted by Gasteiger charge is -2.01. The van der Waals surface area contributed by atoms with Gasteiger partial charge in [0.15, 0.2) is 0 Å². The van der Waals surface area contributed by atoms with E-state index in [1.807, 2.05) is 18.2 Å². The van der Waals surface area contributed by atoms with Crippen molar-refractivity contribution in [1.29, 1.82) is 0 Å². The van der Waals surface area contributed by atoms with Gasteiger partial charge in [0.25, 0.3) is 0 Å². The maximum atomic E-state index is 5.12. The lowest BCUT2D eigenvalue weighted by atomic mass is 10.2. The summed E-state index contributed by atoms with van der Waals surface area (Å²) in [6.07, 6.45) is 5.92. The van der Waals surface area contributed by atoms with Crippen LogP contribution in [0.4, 0.5) is 0 Å². The molecule has 0 aromatic heterocycles. The van der Waals surface area contributed by atoms with Crippen LogP contribution >= 0.6 is 0 Å². The summed E-state index contributed by atoms with van der Waals surface area (Å²) in [4.78, 5) is 0. The molecule has 1 aromatic carbocycles. The molecule has 1 N–H and O–H groups in total. The molecule has 0 fully saturated rings. The Kier molecular flexibility index (Phi) is 3.97. The molecule has 0 saturated heterocycles. The largest absolute Gasteiger partial charge is 0.312 e. The monoisotopic (exact) mass is 159 g/mol. The van der Waals surface area contributed by atoms with Crippen molar-refractivity contribution in [2.75, 3.05) is 6.54 Å². The van der Waals surface area contributed by atoms with E-state index in [9.17, 15) is 0 Å². The van der Waals surface area contributed by atoms with Gasteiger partial charge >= 0.3 is 0 Å². The third-order valence-electron chi connectivity index (χ3n) is 1.62. The summed E-state index contributed by atoms with van der Waals surface area (Å²) in [5.74, 6) is 2.59. The third kappa shape index (κ3) is 3.23. The molecule has 0 aliphatic rings. The van der Waals surface area contributed by atoms with E-state index in [4.69, 9.17) is 6.42 Å². The van der Waals surface area contributed by atoms with E-state index in [1.54, 1.807) is 0 Å². The SMILES string of the molecule is C#CCCNCc1ccccc1. The zero-order valence-electron chi connectivity index (χ0n) is 7.09. The molecule has 0 bridgehead atoms. The Morgan fingerprint density at radius 2 is 2.00 bits per heavy atom. The molecule has 1 nitrogen and oxygen atoms in total. The lowest BCUT2D eigenvalue weighted by molar-refractivity contribution is 0.701. The molecule has 62 valence electrons.